The Morgan fingerprint density at radius 1 is 0.533 bits per heavy atom. The van der Waals surface area contributed by atoms with Crippen LogP contribution < -0.4 is 8.61 Å². The minimum Gasteiger partial charge on any atom is -0.268 e. The second-order valence-corrected chi connectivity index (χ2v) is 14.6. The number of sulfonamides is 2. The van der Waals surface area contributed by atoms with Crippen LogP contribution in [0.3, 0.4) is 0 Å². The number of halogens is 1. The molecule has 0 saturated heterocycles. The summed E-state index contributed by atoms with van der Waals surface area (Å²) in [5, 5.41) is 0. The van der Waals surface area contributed by atoms with Gasteiger partial charge >= 0.3 is 0 Å². The molecule has 0 aliphatic heterocycles. The molecule has 5 rings (SSSR count). The zero-order valence-corrected chi connectivity index (χ0v) is 27.4. The standard InChI is InChI=1S/C34H27BrN2O6S2/c1-24-13-18-29(19-14-24)44(40,41)36(33(38)26-9-5-3-6-10-26)28-17-22-32(31(35)23-28)37(34(39)27-11-7-4-8-12-27)45(42,43)30-20-15-25(2)16-21-30/h3-23H,1-2H3. The van der Waals surface area contributed by atoms with Gasteiger partial charge in [0.2, 0.25) is 0 Å². The van der Waals surface area contributed by atoms with Crippen LogP contribution in [0.25, 0.3) is 0 Å². The van der Waals surface area contributed by atoms with E-state index in [1.54, 1.807) is 60.7 Å². The Morgan fingerprint density at radius 2 is 0.933 bits per heavy atom. The number of aryl methyl sites for hydroxylation is 2. The number of benzene rings is 5. The molecule has 0 fully saturated rings. The molecule has 0 radical (unpaired) electrons. The van der Waals surface area contributed by atoms with E-state index in [4.69, 9.17) is 0 Å². The molecule has 5 aromatic rings. The fraction of sp³-hybridized carbons (Fsp3) is 0.0588. The molecule has 45 heavy (non-hydrogen) atoms. The minimum atomic E-state index is -4.45. The summed E-state index contributed by atoms with van der Waals surface area (Å²) in [4.78, 5) is 27.4. The van der Waals surface area contributed by atoms with Crippen LogP contribution in [0, 0.1) is 13.8 Å². The van der Waals surface area contributed by atoms with Crippen molar-refractivity contribution in [2.75, 3.05) is 8.61 Å². The Bertz CT molecular complexity index is 2090. The highest BCUT2D eigenvalue weighted by Crippen LogP contribution is 2.37. The van der Waals surface area contributed by atoms with Gasteiger partial charge in [-0.3, -0.25) is 9.59 Å². The average molecular weight is 704 g/mol. The Labute approximate surface area is 270 Å². The Morgan fingerprint density at radius 3 is 1.36 bits per heavy atom. The lowest BCUT2D eigenvalue weighted by molar-refractivity contribution is 0.0996. The number of rotatable bonds is 8. The van der Waals surface area contributed by atoms with Gasteiger partial charge in [-0.2, -0.15) is 8.61 Å². The van der Waals surface area contributed by atoms with Gasteiger partial charge in [-0.15, -0.1) is 0 Å². The predicted octanol–water partition coefficient (Wildman–Crippen LogP) is 7.14. The number of carbonyl (C=O) groups is 2. The van der Waals surface area contributed by atoms with Crippen LogP contribution in [0.4, 0.5) is 11.4 Å². The van der Waals surface area contributed by atoms with E-state index in [2.05, 4.69) is 15.9 Å². The highest BCUT2D eigenvalue weighted by Gasteiger charge is 2.36. The molecule has 0 spiro atoms. The number of carbonyl (C=O) groups excluding carboxylic acids is 2. The van der Waals surface area contributed by atoms with Crippen LogP contribution in [0.2, 0.25) is 0 Å². The summed E-state index contributed by atoms with van der Waals surface area (Å²) >= 11 is 3.38. The molecule has 5 aromatic carbocycles. The highest BCUT2D eigenvalue weighted by atomic mass is 79.9. The minimum absolute atomic E-state index is 0.0601. The number of hydrogen-bond donors (Lipinski definition) is 0. The third-order valence-corrected chi connectivity index (χ3v) is 11.0. The van der Waals surface area contributed by atoms with E-state index in [0.29, 0.717) is 8.61 Å². The van der Waals surface area contributed by atoms with Gasteiger partial charge < -0.3 is 0 Å². The molecular weight excluding hydrogens is 676 g/mol. The summed E-state index contributed by atoms with van der Waals surface area (Å²) in [6, 6.07) is 31.9. The molecule has 0 aromatic heterocycles. The monoisotopic (exact) mass is 702 g/mol. The van der Waals surface area contributed by atoms with Crippen LogP contribution in [-0.2, 0) is 20.0 Å². The molecule has 0 heterocycles. The van der Waals surface area contributed by atoms with E-state index >= 15 is 0 Å². The molecule has 0 saturated carbocycles. The van der Waals surface area contributed by atoms with E-state index in [0.717, 1.165) is 11.1 Å². The van der Waals surface area contributed by atoms with Gasteiger partial charge in [0.15, 0.2) is 0 Å². The molecule has 0 aliphatic carbocycles. The van der Waals surface area contributed by atoms with Crippen molar-refractivity contribution in [3.8, 4) is 0 Å². The maximum atomic E-state index is 14.0. The summed E-state index contributed by atoms with van der Waals surface area (Å²) in [5.74, 6) is -1.64. The van der Waals surface area contributed by atoms with E-state index in [-0.39, 0.29) is 36.8 Å². The molecule has 0 atom stereocenters. The van der Waals surface area contributed by atoms with Crippen LogP contribution in [0.15, 0.2) is 142 Å². The lowest BCUT2D eigenvalue weighted by Gasteiger charge is -2.26. The van der Waals surface area contributed by atoms with Gasteiger partial charge in [0.1, 0.15) is 0 Å². The second-order valence-electron chi connectivity index (χ2n) is 10.1. The van der Waals surface area contributed by atoms with Crippen molar-refractivity contribution >= 4 is 59.2 Å². The Hall–Kier alpha value is -4.58. The van der Waals surface area contributed by atoms with Gasteiger partial charge in [0.05, 0.1) is 21.2 Å². The van der Waals surface area contributed by atoms with E-state index < -0.39 is 31.9 Å². The number of hydrogen-bond acceptors (Lipinski definition) is 6. The summed E-state index contributed by atoms with van der Waals surface area (Å²) in [6.07, 6.45) is 0. The third-order valence-electron chi connectivity index (χ3n) is 6.91. The number of nitrogens with zero attached hydrogens (tertiary/aromatic N) is 2. The number of amides is 2. The van der Waals surface area contributed by atoms with Crippen molar-refractivity contribution < 1.29 is 26.4 Å². The van der Waals surface area contributed by atoms with Gasteiger partial charge in [0.25, 0.3) is 31.9 Å². The Balaban J connectivity index is 1.68. The first-order chi connectivity index (χ1) is 21.4. The maximum Gasteiger partial charge on any atom is 0.272 e. The van der Waals surface area contributed by atoms with Crippen LogP contribution >= 0.6 is 15.9 Å². The predicted molar refractivity (Wildman–Crippen MR) is 177 cm³/mol. The van der Waals surface area contributed by atoms with Crippen LogP contribution in [0.1, 0.15) is 31.8 Å². The van der Waals surface area contributed by atoms with Crippen molar-refractivity contribution in [3.05, 3.63) is 154 Å². The highest BCUT2D eigenvalue weighted by molar-refractivity contribution is 9.10. The first-order valence-corrected chi connectivity index (χ1v) is 17.3. The normalized spacial score (nSPS) is 11.5. The van der Waals surface area contributed by atoms with Crippen molar-refractivity contribution in [3.63, 3.8) is 0 Å². The average Bonchev–Trinajstić information content (AvgIpc) is 3.03. The second kappa shape index (κ2) is 12.8. The molecule has 0 N–H and O–H groups in total. The first-order valence-electron chi connectivity index (χ1n) is 13.6. The van der Waals surface area contributed by atoms with Crippen LogP contribution in [-0.4, -0.2) is 28.6 Å². The zero-order valence-electron chi connectivity index (χ0n) is 24.2. The fourth-order valence-corrected chi connectivity index (χ4v) is 8.03. The largest absolute Gasteiger partial charge is 0.272 e. The van der Waals surface area contributed by atoms with E-state index in [9.17, 15) is 26.4 Å². The summed E-state index contributed by atoms with van der Waals surface area (Å²) < 4.78 is 57.4. The van der Waals surface area contributed by atoms with Crippen molar-refractivity contribution in [2.45, 2.75) is 23.6 Å². The molecule has 0 unspecified atom stereocenters. The van der Waals surface area contributed by atoms with Gasteiger partial charge in [0, 0.05) is 15.6 Å². The first kappa shape index (κ1) is 31.8. The van der Waals surface area contributed by atoms with Gasteiger partial charge in [-0.05, 0) is 96.5 Å². The molecule has 0 aliphatic rings. The summed E-state index contributed by atoms with van der Waals surface area (Å²) in [5.41, 5.74) is 1.76. The quantitative estimate of drug-likeness (QED) is 0.170. The third kappa shape index (κ3) is 6.46. The van der Waals surface area contributed by atoms with E-state index in [1.165, 1.54) is 66.7 Å². The molecule has 8 nitrogen and oxygen atoms in total. The SMILES string of the molecule is Cc1ccc(S(=O)(=O)N(C(=O)c2ccccc2)c2ccc(N(C(=O)c3ccccc3)S(=O)(=O)c3ccc(C)cc3)c(Br)c2)cc1. The molecule has 0 bridgehead atoms. The lowest BCUT2D eigenvalue weighted by Crippen LogP contribution is -2.38. The van der Waals surface area contributed by atoms with E-state index in [1.807, 2.05) is 13.8 Å². The van der Waals surface area contributed by atoms with Crippen molar-refractivity contribution in [1.29, 1.82) is 0 Å². The van der Waals surface area contributed by atoms with Gasteiger partial charge in [-0.1, -0.05) is 71.8 Å². The van der Waals surface area contributed by atoms with Crippen molar-refractivity contribution in [2.24, 2.45) is 0 Å². The molecular formula is C34H27BrN2O6S2. The zero-order chi connectivity index (χ0) is 32.4. The van der Waals surface area contributed by atoms with Crippen LogP contribution in [0.5, 0.6) is 0 Å². The molecule has 11 heteroatoms. The van der Waals surface area contributed by atoms with Crippen molar-refractivity contribution in [1.82, 2.24) is 0 Å². The summed E-state index contributed by atoms with van der Waals surface area (Å²) in [7, 11) is -8.89. The topological polar surface area (TPSA) is 109 Å². The fourth-order valence-electron chi connectivity index (χ4n) is 4.53. The summed E-state index contributed by atoms with van der Waals surface area (Å²) in [6.45, 7) is 3.62. The molecule has 228 valence electrons. The Kier molecular flexibility index (Phi) is 9.06. The number of anilines is 2. The van der Waals surface area contributed by atoms with Gasteiger partial charge in [-0.25, -0.2) is 16.8 Å². The lowest BCUT2D eigenvalue weighted by atomic mass is 10.2. The maximum absolute atomic E-state index is 14.0. The molecule has 2 amide bonds. The smallest absolute Gasteiger partial charge is 0.268 e.